The van der Waals surface area contributed by atoms with Gasteiger partial charge < -0.3 is 9.47 Å². The number of cyclic esters (lactones) is 2. The van der Waals surface area contributed by atoms with Gasteiger partial charge >= 0.3 is 11.9 Å². The Morgan fingerprint density at radius 1 is 0.870 bits per heavy atom. The fourth-order valence-corrected chi connectivity index (χ4v) is 2.71. The Kier molecular flexibility index (Phi) is 3.87. The second-order valence-electron chi connectivity index (χ2n) is 6.99. The van der Waals surface area contributed by atoms with E-state index in [4.69, 9.17) is 9.47 Å². The highest BCUT2D eigenvalue weighted by molar-refractivity contribution is 6.24. The minimum atomic E-state index is -0.784. The van der Waals surface area contributed by atoms with Gasteiger partial charge in [0.2, 0.25) is 0 Å². The van der Waals surface area contributed by atoms with Gasteiger partial charge in [0.1, 0.15) is 16.8 Å². The topological polar surface area (TPSA) is 69.7 Å². The van der Waals surface area contributed by atoms with E-state index in [0.29, 0.717) is 16.7 Å². The fraction of sp³-hybridized carbons (Fsp3) is 0.500. The summed E-state index contributed by atoms with van der Waals surface area (Å²) in [6, 6.07) is 0. The molecule has 0 fully saturated rings. The highest BCUT2D eigenvalue weighted by Crippen LogP contribution is 2.36. The van der Waals surface area contributed by atoms with Crippen LogP contribution in [0.5, 0.6) is 0 Å². The number of carbonyl (C=O) groups is 3. The molecule has 0 saturated carbocycles. The molecule has 0 atom stereocenters. The summed E-state index contributed by atoms with van der Waals surface area (Å²) in [6.07, 6.45) is 1.31. The van der Waals surface area contributed by atoms with E-state index < -0.39 is 28.9 Å². The molecule has 0 aromatic rings. The van der Waals surface area contributed by atoms with Crippen molar-refractivity contribution in [2.24, 2.45) is 0 Å². The number of allylic oxidation sites excluding steroid dienone is 1. The van der Waals surface area contributed by atoms with E-state index in [1.54, 1.807) is 48.5 Å². The first-order valence-corrected chi connectivity index (χ1v) is 7.51. The van der Waals surface area contributed by atoms with Crippen LogP contribution in [-0.4, -0.2) is 28.9 Å². The van der Waals surface area contributed by atoms with E-state index in [0.717, 1.165) is 5.57 Å². The number of ketones is 1. The van der Waals surface area contributed by atoms with Gasteiger partial charge in [-0.2, -0.15) is 0 Å². The Labute approximate surface area is 136 Å². The van der Waals surface area contributed by atoms with E-state index in [1.807, 2.05) is 0 Å². The number of carbonyl (C=O) groups excluding carboxylic acids is 3. The lowest BCUT2D eigenvalue weighted by molar-refractivity contribution is -0.145. The van der Waals surface area contributed by atoms with Crippen LogP contribution in [-0.2, 0) is 23.9 Å². The molecule has 0 radical (unpaired) electrons. The maximum atomic E-state index is 12.5. The fourth-order valence-electron chi connectivity index (χ4n) is 2.71. The standard InChI is InChI=1S/C18H22O5/c1-9(13-10(2)17(4,5)22-15(13)20)8-12(19)14-11(3)18(6,7)23-16(14)21/h8H,1-7H3. The van der Waals surface area contributed by atoms with Gasteiger partial charge in [-0.05, 0) is 71.3 Å². The lowest BCUT2D eigenvalue weighted by atomic mass is 9.92. The first-order valence-electron chi connectivity index (χ1n) is 7.51. The molecule has 0 unspecified atom stereocenters. The molecule has 2 heterocycles. The van der Waals surface area contributed by atoms with Crippen molar-refractivity contribution in [2.45, 2.75) is 59.7 Å². The van der Waals surface area contributed by atoms with Gasteiger partial charge in [0.25, 0.3) is 0 Å². The Morgan fingerprint density at radius 2 is 1.26 bits per heavy atom. The molecule has 0 aromatic heterocycles. The largest absolute Gasteiger partial charge is 0.451 e. The molecule has 5 heteroatoms. The Balaban J connectivity index is 2.42. The van der Waals surface area contributed by atoms with E-state index in [-0.39, 0.29) is 5.57 Å². The predicted octanol–water partition coefficient (Wildman–Crippen LogP) is 2.81. The minimum absolute atomic E-state index is 0.0400. The molecule has 2 aliphatic heterocycles. The molecule has 23 heavy (non-hydrogen) atoms. The molecule has 0 amide bonds. The molecule has 0 spiro atoms. The molecule has 0 aromatic carbocycles. The molecule has 0 aliphatic carbocycles. The predicted molar refractivity (Wildman–Crippen MR) is 84.5 cm³/mol. The lowest BCUT2D eigenvalue weighted by Gasteiger charge is -2.18. The van der Waals surface area contributed by atoms with Gasteiger partial charge in [-0.25, -0.2) is 9.59 Å². The van der Waals surface area contributed by atoms with Crippen molar-refractivity contribution < 1.29 is 23.9 Å². The summed E-state index contributed by atoms with van der Waals surface area (Å²) >= 11 is 0. The van der Waals surface area contributed by atoms with E-state index >= 15 is 0 Å². The highest BCUT2D eigenvalue weighted by atomic mass is 16.6. The van der Waals surface area contributed by atoms with Crippen LogP contribution in [0, 0.1) is 0 Å². The Hall–Kier alpha value is -2.17. The van der Waals surface area contributed by atoms with Gasteiger partial charge in [0.05, 0.1) is 5.57 Å². The molecule has 124 valence electrons. The van der Waals surface area contributed by atoms with Crippen molar-refractivity contribution in [1.82, 2.24) is 0 Å². The maximum absolute atomic E-state index is 12.5. The quantitative estimate of drug-likeness (QED) is 0.454. The second-order valence-corrected chi connectivity index (χ2v) is 6.99. The van der Waals surface area contributed by atoms with Crippen LogP contribution in [0.25, 0.3) is 0 Å². The van der Waals surface area contributed by atoms with Crippen molar-refractivity contribution in [2.75, 3.05) is 0 Å². The second kappa shape index (κ2) is 5.18. The normalized spacial score (nSPS) is 23.3. The summed E-state index contributed by atoms with van der Waals surface area (Å²) < 4.78 is 10.5. The summed E-state index contributed by atoms with van der Waals surface area (Å²) in [6.45, 7) is 12.2. The lowest BCUT2D eigenvalue weighted by Crippen LogP contribution is -2.21. The van der Waals surface area contributed by atoms with Crippen LogP contribution in [0.2, 0.25) is 0 Å². The molecule has 2 rings (SSSR count). The molecule has 0 saturated heterocycles. The first-order chi connectivity index (χ1) is 10.4. The summed E-state index contributed by atoms with van der Waals surface area (Å²) in [5, 5.41) is 0. The van der Waals surface area contributed by atoms with Crippen LogP contribution in [0.3, 0.4) is 0 Å². The van der Waals surface area contributed by atoms with Crippen LogP contribution in [0.1, 0.15) is 48.5 Å². The molecule has 0 bridgehead atoms. The van der Waals surface area contributed by atoms with Crippen LogP contribution < -0.4 is 0 Å². The van der Waals surface area contributed by atoms with E-state index in [9.17, 15) is 14.4 Å². The van der Waals surface area contributed by atoms with Crippen molar-refractivity contribution in [3.8, 4) is 0 Å². The molecule has 0 N–H and O–H groups in total. The van der Waals surface area contributed by atoms with Gasteiger partial charge in [-0.1, -0.05) is 0 Å². The van der Waals surface area contributed by atoms with Gasteiger partial charge in [-0.15, -0.1) is 0 Å². The molecule has 2 aliphatic rings. The van der Waals surface area contributed by atoms with Crippen LogP contribution >= 0.6 is 0 Å². The smallest absolute Gasteiger partial charge is 0.343 e. The number of esters is 2. The van der Waals surface area contributed by atoms with Gasteiger partial charge in [0, 0.05) is 0 Å². The third-order valence-corrected chi connectivity index (χ3v) is 4.65. The first kappa shape index (κ1) is 17.2. The van der Waals surface area contributed by atoms with Gasteiger partial charge in [-0.3, -0.25) is 4.79 Å². The van der Waals surface area contributed by atoms with E-state index in [2.05, 4.69) is 0 Å². The summed E-state index contributed by atoms with van der Waals surface area (Å²) in [5.74, 6) is -1.52. The van der Waals surface area contributed by atoms with Crippen molar-refractivity contribution in [1.29, 1.82) is 0 Å². The zero-order valence-corrected chi connectivity index (χ0v) is 14.6. The zero-order chi connectivity index (χ0) is 17.7. The average molecular weight is 318 g/mol. The number of hydrogen-bond acceptors (Lipinski definition) is 5. The SMILES string of the molecule is CC(=CC(=O)C1=C(C)C(C)(C)OC1=O)C1=C(C)C(C)(C)OC1=O. The Morgan fingerprint density at radius 3 is 1.61 bits per heavy atom. The van der Waals surface area contributed by atoms with Crippen molar-refractivity contribution in [3.05, 3.63) is 33.9 Å². The summed E-state index contributed by atoms with van der Waals surface area (Å²) in [4.78, 5) is 36.5. The number of hydrogen-bond donors (Lipinski definition) is 0. The monoisotopic (exact) mass is 318 g/mol. The van der Waals surface area contributed by atoms with Crippen LogP contribution in [0.4, 0.5) is 0 Å². The zero-order valence-electron chi connectivity index (χ0n) is 14.6. The number of ether oxygens (including phenoxy) is 2. The highest BCUT2D eigenvalue weighted by Gasteiger charge is 2.41. The number of rotatable bonds is 3. The summed E-state index contributed by atoms with van der Waals surface area (Å²) in [7, 11) is 0. The molecular weight excluding hydrogens is 296 g/mol. The van der Waals surface area contributed by atoms with Gasteiger partial charge in [0.15, 0.2) is 5.78 Å². The average Bonchev–Trinajstić information content (AvgIpc) is 2.69. The molecular formula is C18H22O5. The van der Waals surface area contributed by atoms with Crippen molar-refractivity contribution in [3.63, 3.8) is 0 Å². The molecule has 5 nitrogen and oxygen atoms in total. The maximum Gasteiger partial charge on any atom is 0.343 e. The Bertz CT molecular complexity index is 714. The van der Waals surface area contributed by atoms with E-state index in [1.165, 1.54) is 6.08 Å². The third kappa shape index (κ3) is 2.76. The van der Waals surface area contributed by atoms with Crippen LogP contribution in [0.15, 0.2) is 33.9 Å². The van der Waals surface area contributed by atoms with Crippen molar-refractivity contribution >= 4 is 17.7 Å². The minimum Gasteiger partial charge on any atom is -0.451 e. The summed E-state index contributed by atoms with van der Waals surface area (Å²) in [5.41, 5.74) is 0.813. The third-order valence-electron chi connectivity index (χ3n) is 4.65.